The van der Waals surface area contributed by atoms with Crippen molar-refractivity contribution < 1.29 is 8.42 Å². The molecule has 1 aliphatic heterocycles. The number of sulfonamides is 1. The van der Waals surface area contributed by atoms with Gasteiger partial charge in [-0.1, -0.05) is 30.3 Å². The number of fused-ring (bicyclic) bond motifs is 1. The highest BCUT2D eigenvalue weighted by atomic mass is 32.2. The van der Waals surface area contributed by atoms with Gasteiger partial charge in [-0.15, -0.1) is 11.3 Å². The maximum absolute atomic E-state index is 13.3. The lowest BCUT2D eigenvalue weighted by molar-refractivity contribution is 0.384. The first-order valence-corrected chi connectivity index (χ1v) is 12.9. The van der Waals surface area contributed by atoms with Crippen LogP contribution in [0.4, 0.5) is 5.82 Å². The summed E-state index contributed by atoms with van der Waals surface area (Å²) in [5.74, 6) is 1.57. The fourth-order valence-corrected chi connectivity index (χ4v) is 6.47. The Balaban J connectivity index is 1.45. The summed E-state index contributed by atoms with van der Waals surface area (Å²) in [6, 6.07) is 17.6. The van der Waals surface area contributed by atoms with E-state index in [1.165, 1.54) is 0 Å². The molecule has 5 rings (SSSR count). The number of aromatic nitrogens is 2. The number of thiophene rings is 1. The van der Waals surface area contributed by atoms with E-state index in [9.17, 15) is 8.42 Å². The van der Waals surface area contributed by atoms with Crippen LogP contribution in [0, 0.1) is 13.8 Å². The molecule has 3 heterocycles. The summed E-state index contributed by atoms with van der Waals surface area (Å²) in [7, 11) is -3.53. The van der Waals surface area contributed by atoms with Gasteiger partial charge >= 0.3 is 0 Å². The molecule has 4 aromatic rings. The molecule has 164 valence electrons. The number of para-hydroxylation sites is 1. The van der Waals surface area contributed by atoms with Crippen molar-refractivity contribution in [3.63, 3.8) is 0 Å². The number of rotatable bonds is 4. The van der Waals surface area contributed by atoms with Gasteiger partial charge in [0.1, 0.15) is 5.82 Å². The van der Waals surface area contributed by atoms with Crippen LogP contribution < -0.4 is 4.90 Å². The molecule has 0 radical (unpaired) electrons. The van der Waals surface area contributed by atoms with Crippen LogP contribution in [0.3, 0.4) is 0 Å². The molecule has 0 N–H and O–H groups in total. The Kier molecular flexibility index (Phi) is 5.44. The molecule has 0 atom stereocenters. The molecule has 0 unspecified atom stereocenters. The van der Waals surface area contributed by atoms with Gasteiger partial charge in [-0.05, 0) is 54.6 Å². The molecule has 8 heteroatoms. The molecule has 0 spiro atoms. The second-order valence-electron chi connectivity index (χ2n) is 8.03. The number of hydrogen-bond donors (Lipinski definition) is 0. The highest BCUT2D eigenvalue weighted by Crippen LogP contribution is 2.31. The van der Waals surface area contributed by atoms with Gasteiger partial charge in [-0.2, -0.15) is 4.31 Å². The van der Waals surface area contributed by atoms with Crippen molar-refractivity contribution in [2.24, 2.45) is 0 Å². The summed E-state index contributed by atoms with van der Waals surface area (Å²) < 4.78 is 28.2. The van der Waals surface area contributed by atoms with Gasteiger partial charge in [0.2, 0.25) is 10.0 Å². The molecule has 2 aromatic carbocycles. The standard InChI is InChI=1S/C24H24N4O2S2/c1-17-9-10-18(2)22(16-17)32(29,30)28-13-11-27(12-14-28)24-19-6-3-4-7-20(19)25-23(26-24)21-8-5-15-31-21/h3-10,15-16H,11-14H2,1-2H3. The average molecular weight is 465 g/mol. The molecule has 2 aromatic heterocycles. The van der Waals surface area contributed by atoms with Crippen molar-refractivity contribution >= 4 is 38.1 Å². The molecule has 0 bridgehead atoms. The van der Waals surface area contributed by atoms with Crippen LogP contribution in [0.2, 0.25) is 0 Å². The Morgan fingerprint density at radius 1 is 0.906 bits per heavy atom. The lowest BCUT2D eigenvalue weighted by Gasteiger charge is -2.35. The summed E-state index contributed by atoms with van der Waals surface area (Å²) in [5.41, 5.74) is 2.62. The smallest absolute Gasteiger partial charge is 0.243 e. The third kappa shape index (κ3) is 3.79. The van der Waals surface area contributed by atoms with Crippen molar-refractivity contribution in [2.75, 3.05) is 31.1 Å². The monoisotopic (exact) mass is 464 g/mol. The van der Waals surface area contributed by atoms with Gasteiger partial charge in [-0.25, -0.2) is 18.4 Å². The topological polar surface area (TPSA) is 66.4 Å². The largest absolute Gasteiger partial charge is 0.353 e. The summed E-state index contributed by atoms with van der Waals surface area (Å²) in [6.07, 6.45) is 0. The van der Waals surface area contributed by atoms with Crippen LogP contribution in [-0.2, 0) is 10.0 Å². The SMILES string of the molecule is Cc1ccc(C)c(S(=O)(=O)N2CCN(c3nc(-c4cccs4)nc4ccccc34)CC2)c1. The van der Waals surface area contributed by atoms with Crippen LogP contribution in [0.1, 0.15) is 11.1 Å². The molecule has 1 fully saturated rings. The van der Waals surface area contributed by atoms with Crippen LogP contribution in [0.5, 0.6) is 0 Å². The van der Waals surface area contributed by atoms with E-state index in [4.69, 9.17) is 9.97 Å². The minimum Gasteiger partial charge on any atom is -0.353 e. The van der Waals surface area contributed by atoms with Gasteiger partial charge in [0, 0.05) is 31.6 Å². The van der Waals surface area contributed by atoms with Crippen LogP contribution in [-0.4, -0.2) is 48.9 Å². The number of aryl methyl sites for hydroxylation is 2. The Morgan fingerprint density at radius 2 is 1.69 bits per heavy atom. The quantitative estimate of drug-likeness (QED) is 0.445. The Labute approximate surface area is 192 Å². The zero-order valence-corrected chi connectivity index (χ0v) is 19.7. The number of nitrogens with zero attached hydrogens (tertiary/aromatic N) is 4. The number of anilines is 1. The molecular weight excluding hydrogens is 440 g/mol. The third-order valence-electron chi connectivity index (χ3n) is 5.82. The highest BCUT2D eigenvalue weighted by Gasteiger charge is 2.30. The predicted octanol–water partition coefficient (Wildman–Crippen LogP) is 4.49. The average Bonchev–Trinajstić information content (AvgIpc) is 3.35. The number of piperazine rings is 1. The Hall–Kier alpha value is -2.81. The van der Waals surface area contributed by atoms with Gasteiger partial charge in [-0.3, -0.25) is 0 Å². The predicted molar refractivity (Wildman–Crippen MR) is 130 cm³/mol. The summed E-state index contributed by atoms with van der Waals surface area (Å²) >= 11 is 1.61. The first-order chi connectivity index (χ1) is 15.4. The molecule has 0 amide bonds. The summed E-state index contributed by atoms with van der Waals surface area (Å²) in [6.45, 7) is 5.76. The molecule has 1 aliphatic rings. The maximum Gasteiger partial charge on any atom is 0.243 e. The normalized spacial score (nSPS) is 15.4. The first kappa shape index (κ1) is 21.1. The van der Waals surface area contributed by atoms with E-state index in [0.717, 1.165) is 32.7 Å². The lowest BCUT2D eigenvalue weighted by Crippen LogP contribution is -2.49. The fourth-order valence-electron chi connectivity index (χ4n) is 4.08. The molecule has 0 saturated carbocycles. The van der Waals surface area contributed by atoms with Crippen molar-refractivity contribution in [3.05, 3.63) is 71.1 Å². The van der Waals surface area contributed by atoms with E-state index >= 15 is 0 Å². The zero-order chi connectivity index (χ0) is 22.3. The van der Waals surface area contributed by atoms with Crippen LogP contribution >= 0.6 is 11.3 Å². The van der Waals surface area contributed by atoms with Crippen molar-refractivity contribution in [1.82, 2.24) is 14.3 Å². The molecule has 0 aliphatic carbocycles. The molecule has 32 heavy (non-hydrogen) atoms. The van der Waals surface area contributed by atoms with Gasteiger partial charge < -0.3 is 4.90 Å². The minimum absolute atomic E-state index is 0.401. The van der Waals surface area contributed by atoms with Gasteiger partial charge in [0.05, 0.1) is 15.3 Å². The second-order valence-corrected chi connectivity index (χ2v) is 10.9. The Morgan fingerprint density at radius 3 is 2.44 bits per heavy atom. The van der Waals surface area contributed by atoms with E-state index in [-0.39, 0.29) is 0 Å². The Bertz CT molecular complexity index is 1380. The molecular formula is C24H24N4O2S2. The van der Waals surface area contributed by atoms with E-state index in [1.54, 1.807) is 21.7 Å². The van der Waals surface area contributed by atoms with Crippen LogP contribution in [0.25, 0.3) is 21.6 Å². The lowest BCUT2D eigenvalue weighted by atomic mass is 10.2. The van der Waals surface area contributed by atoms with Gasteiger partial charge in [0.25, 0.3) is 0 Å². The summed E-state index contributed by atoms with van der Waals surface area (Å²) in [5, 5.41) is 3.00. The highest BCUT2D eigenvalue weighted by molar-refractivity contribution is 7.89. The zero-order valence-electron chi connectivity index (χ0n) is 18.0. The van der Waals surface area contributed by atoms with E-state index < -0.39 is 10.0 Å². The molecule has 1 saturated heterocycles. The second kappa shape index (κ2) is 8.27. The fraction of sp³-hybridized carbons (Fsp3) is 0.250. The minimum atomic E-state index is -3.53. The van der Waals surface area contributed by atoms with E-state index in [2.05, 4.69) is 4.90 Å². The molecule has 6 nitrogen and oxygen atoms in total. The van der Waals surface area contributed by atoms with Crippen molar-refractivity contribution in [1.29, 1.82) is 0 Å². The maximum atomic E-state index is 13.3. The van der Waals surface area contributed by atoms with Crippen molar-refractivity contribution in [2.45, 2.75) is 18.7 Å². The van der Waals surface area contributed by atoms with Crippen molar-refractivity contribution in [3.8, 4) is 10.7 Å². The van der Waals surface area contributed by atoms with Gasteiger partial charge in [0.15, 0.2) is 5.82 Å². The van der Waals surface area contributed by atoms with E-state index in [1.807, 2.05) is 67.8 Å². The van der Waals surface area contributed by atoms with Crippen LogP contribution in [0.15, 0.2) is 64.9 Å². The number of benzene rings is 2. The first-order valence-electron chi connectivity index (χ1n) is 10.6. The van der Waals surface area contributed by atoms with E-state index in [0.29, 0.717) is 36.9 Å². The number of hydrogen-bond acceptors (Lipinski definition) is 6. The third-order valence-corrected chi connectivity index (χ3v) is 8.73. The summed E-state index contributed by atoms with van der Waals surface area (Å²) in [4.78, 5) is 13.2.